The second kappa shape index (κ2) is 9.66. The van der Waals surface area contributed by atoms with Crippen LogP contribution in [0.25, 0.3) is 0 Å². The highest BCUT2D eigenvalue weighted by molar-refractivity contribution is 5.90. The van der Waals surface area contributed by atoms with Crippen LogP contribution in [0, 0.1) is 0 Å². The van der Waals surface area contributed by atoms with Gasteiger partial charge in [0.25, 0.3) is 5.91 Å². The molecule has 2 aromatic rings. The van der Waals surface area contributed by atoms with Gasteiger partial charge in [-0.15, -0.1) is 0 Å². The van der Waals surface area contributed by atoms with E-state index in [0.717, 1.165) is 0 Å². The van der Waals surface area contributed by atoms with Crippen molar-refractivity contribution in [1.29, 1.82) is 0 Å². The predicted octanol–water partition coefficient (Wildman–Crippen LogP) is 1.11. The molecule has 0 aromatic heterocycles. The summed E-state index contributed by atoms with van der Waals surface area (Å²) in [5.74, 6) is -1.96. The molecule has 0 saturated heterocycles. The predicted molar refractivity (Wildman–Crippen MR) is 103 cm³/mol. The van der Waals surface area contributed by atoms with Crippen LogP contribution in [0.1, 0.15) is 25.0 Å². The average molecular weight is 384 g/mol. The number of hydrogen-bond donors (Lipinski definition) is 3. The number of likely N-dealkylation sites (N-methyl/N-ethyl adjacent to an activating group) is 1. The van der Waals surface area contributed by atoms with Crippen LogP contribution < -0.4 is 10.6 Å². The maximum atomic E-state index is 12.8. The first kappa shape index (κ1) is 21.1. The lowest BCUT2D eigenvalue weighted by atomic mass is 9.86. The molecule has 148 valence electrons. The van der Waals surface area contributed by atoms with Crippen molar-refractivity contribution in [2.24, 2.45) is 0 Å². The molecular formula is C21H24N2O5. The third-order valence-electron chi connectivity index (χ3n) is 4.13. The zero-order valence-corrected chi connectivity index (χ0v) is 15.8. The van der Waals surface area contributed by atoms with E-state index in [1.807, 2.05) is 0 Å². The van der Waals surface area contributed by atoms with E-state index in [9.17, 15) is 19.5 Å². The number of rotatable bonds is 8. The van der Waals surface area contributed by atoms with Crippen molar-refractivity contribution in [3.05, 3.63) is 71.8 Å². The van der Waals surface area contributed by atoms with Gasteiger partial charge < -0.3 is 20.5 Å². The number of nitrogens with one attached hydrogen (secondary N) is 2. The highest BCUT2D eigenvalue weighted by Crippen LogP contribution is 2.30. The Labute approximate surface area is 163 Å². The van der Waals surface area contributed by atoms with Crippen LogP contribution in [0.3, 0.4) is 0 Å². The van der Waals surface area contributed by atoms with Crippen LogP contribution in [-0.2, 0) is 24.7 Å². The van der Waals surface area contributed by atoms with Gasteiger partial charge in [0.15, 0.2) is 6.61 Å². The zero-order chi connectivity index (χ0) is 20.6. The maximum Gasteiger partial charge on any atom is 0.348 e. The summed E-state index contributed by atoms with van der Waals surface area (Å²) in [6.07, 6.45) is 0. The van der Waals surface area contributed by atoms with Crippen molar-refractivity contribution in [3.8, 4) is 0 Å². The Morgan fingerprint density at radius 2 is 1.50 bits per heavy atom. The maximum absolute atomic E-state index is 12.8. The molecule has 0 bridgehead atoms. The molecule has 1 atom stereocenters. The molecule has 2 rings (SSSR count). The Hall–Kier alpha value is -3.19. The summed E-state index contributed by atoms with van der Waals surface area (Å²) in [6.45, 7) is 3.11. The van der Waals surface area contributed by atoms with E-state index < -0.39 is 30.1 Å². The fourth-order valence-corrected chi connectivity index (χ4v) is 2.67. The van der Waals surface area contributed by atoms with Crippen LogP contribution >= 0.6 is 0 Å². The average Bonchev–Trinajstić information content (AvgIpc) is 2.72. The van der Waals surface area contributed by atoms with Gasteiger partial charge in [0.1, 0.15) is 6.04 Å². The van der Waals surface area contributed by atoms with Crippen molar-refractivity contribution in [2.45, 2.75) is 25.5 Å². The van der Waals surface area contributed by atoms with E-state index in [2.05, 4.69) is 10.6 Å². The number of amides is 2. The zero-order valence-electron chi connectivity index (χ0n) is 15.8. The molecule has 2 aromatic carbocycles. The molecule has 0 radical (unpaired) electrons. The number of hydrogen-bond acceptors (Lipinski definition) is 5. The van der Waals surface area contributed by atoms with Gasteiger partial charge in [-0.2, -0.15) is 0 Å². The van der Waals surface area contributed by atoms with E-state index in [4.69, 9.17) is 4.74 Å². The van der Waals surface area contributed by atoms with E-state index in [0.29, 0.717) is 17.7 Å². The van der Waals surface area contributed by atoms with Crippen molar-refractivity contribution >= 4 is 17.8 Å². The van der Waals surface area contributed by atoms with Crippen LogP contribution in [0.2, 0.25) is 0 Å². The summed E-state index contributed by atoms with van der Waals surface area (Å²) >= 11 is 0. The fraction of sp³-hybridized carbons (Fsp3) is 0.286. The lowest BCUT2D eigenvalue weighted by Crippen LogP contribution is -2.47. The molecule has 0 fully saturated rings. The first-order valence-corrected chi connectivity index (χ1v) is 8.97. The molecule has 7 heteroatoms. The topological polar surface area (TPSA) is 105 Å². The summed E-state index contributed by atoms with van der Waals surface area (Å²) in [7, 11) is 0. The lowest BCUT2D eigenvalue weighted by Gasteiger charge is -2.27. The van der Waals surface area contributed by atoms with E-state index in [1.54, 1.807) is 67.6 Å². The molecule has 0 aliphatic rings. The third kappa shape index (κ3) is 4.95. The second-order valence-corrected chi connectivity index (χ2v) is 6.20. The number of carbonyl (C=O) groups excluding carboxylic acids is 3. The minimum Gasteiger partial charge on any atom is -0.453 e. The van der Waals surface area contributed by atoms with Gasteiger partial charge in [-0.05, 0) is 25.0 Å². The van der Waals surface area contributed by atoms with E-state index >= 15 is 0 Å². The van der Waals surface area contributed by atoms with Gasteiger partial charge in [-0.3, -0.25) is 9.59 Å². The minimum atomic E-state index is -2.06. The molecule has 0 heterocycles. The van der Waals surface area contributed by atoms with Crippen LogP contribution in [0.4, 0.5) is 0 Å². The first-order valence-electron chi connectivity index (χ1n) is 8.97. The number of aliphatic hydroxyl groups is 1. The Bertz CT molecular complexity index is 769. The van der Waals surface area contributed by atoms with Crippen LogP contribution in [0.15, 0.2) is 60.7 Å². The Morgan fingerprint density at radius 3 is 1.96 bits per heavy atom. The molecular weight excluding hydrogens is 360 g/mol. The Morgan fingerprint density at radius 1 is 1.00 bits per heavy atom. The van der Waals surface area contributed by atoms with E-state index in [-0.39, 0.29) is 5.91 Å². The molecule has 2 amide bonds. The summed E-state index contributed by atoms with van der Waals surface area (Å²) in [6, 6.07) is 15.9. The Balaban J connectivity index is 2.12. The van der Waals surface area contributed by atoms with Gasteiger partial charge in [-0.25, -0.2) is 4.79 Å². The van der Waals surface area contributed by atoms with Crippen LogP contribution in [0.5, 0.6) is 0 Å². The van der Waals surface area contributed by atoms with Crippen molar-refractivity contribution in [3.63, 3.8) is 0 Å². The van der Waals surface area contributed by atoms with E-state index in [1.165, 1.54) is 6.92 Å². The number of carbonyl (C=O) groups is 3. The summed E-state index contributed by atoms with van der Waals surface area (Å²) < 4.78 is 5.09. The molecule has 0 saturated carbocycles. The minimum absolute atomic E-state index is 0.322. The van der Waals surface area contributed by atoms with Gasteiger partial charge in [0.05, 0.1) is 0 Å². The number of esters is 1. The molecule has 0 unspecified atom stereocenters. The number of ether oxygens (including phenoxy) is 1. The standard InChI is InChI=1S/C21H24N2O5/c1-3-22-19(25)15(2)23-18(24)14-28-20(26)21(27,16-10-6-4-7-11-16)17-12-8-5-9-13-17/h4-13,15,27H,3,14H2,1-2H3,(H,22,25)(H,23,24)/t15-/m1/s1. The van der Waals surface area contributed by atoms with Crippen molar-refractivity contribution < 1.29 is 24.2 Å². The Kier molecular flexibility index (Phi) is 7.28. The fourth-order valence-electron chi connectivity index (χ4n) is 2.67. The quantitative estimate of drug-likeness (QED) is 0.592. The van der Waals surface area contributed by atoms with Gasteiger partial charge in [0.2, 0.25) is 11.5 Å². The van der Waals surface area contributed by atoms with Gasteiger partial charge >= 0.3 is 5.97 Å². The summed E-state index contributed by atoms with van der Waals surface area (Å²) in [5.41, 5.74) is -1.42. The van der Waals surface area contributed by atoms with Gasteiger partial charge in [0, 0.05) is 6.54 Å². The second-order valence-electron chi connectivity index (χ2n) is 6.20. The first-order chi connectivity index (χ1) is 13.4. The van der Waals surface area contributed by atoms with Crippen molar-refractivity contribution in [1.82, 2.24) is 10.6 Å². The number of benzene rings is 2. The SMILES string of the molecule is CCNC(=O)[C@@H](C)NC(=O)COC(=O)C(O)(c1ccccc1)c1ccccc1. The summed E-state index contributed by atoms with van der Waals surface area (Å²) in [4.78, 5) is 36.4. The molecule has 0 aliphatic carbocycles. The normalized spacial score (nSPS) is 12.0. The smallest absolute Gasteiger partial charge is 0.348 e. The highest BCUT2D eigenvalue weighted by Gasteiger charge is 2.41. The van der Waals surface area contributed by atoms with Crippen molar-refractivity contribution in [2.75, 3.05) is 13.2 Å². The monoisotopic (exact) mass is 384 g/mol. The third-order valence-corrected chi connectivity index (χ3v) is 4.13. The summed E-state index contributed by atoms with van der Waals surface area (Å²) in [5, 5.41) is 16.2. The lowest BCUT2D eigenvalue weighted by molar-refractivity contribution is -0.164. The molecule has 0 spiro atoms. The molecule has 0 aliphatic heterocycles. The van der Waals surface area contributed by atoms with Crippen LogP contribution in [-0.4, -0.2) is 42.1 Å². The highest BCUT2D eigenvalue weighted by atomic mass is 16.6. The molecule has 3 N–H and O–H groups in total. The largest absolute Gasteiger partial charge is 0.453 e. The molecule has 7 nitrogen and oxygen atoms in total. The molecule has 28 heavy (non-hydrogen) atoms. The van der Waals surface area contributed by atoms with Gasteiger partial charge in [-0.1, -0.05) is 60.7 Å².